The Hall–Kier alpha value is -1.23. The highest BCUT2D eigenvalue weighted by Crippen LogP contribution is 2.29. The third-order valence-corrected chi connectivity index (χ3v) is 2.96. The standard InChI is InChI=1S/C12H14Cl2N2O2/c1-2-3-16(4-5-17)12(18)8-6-9(13)11(15)10(14)7-8/h2,6-7,17H,1,3-5,15H2. The second kappa shape index (κ2) is 6.64. The maximum absolute atomic E-state index is 12.1. The zero-order valence-corrected chi connectivity index (χ0v) is 11.2. The number of hydrogen-bond donors (Lipinski definition) is 2. The lowest BCUT2D eigenvalue weighted by atomic mass is 10.1. The van der Waals surface area contributed by atoms with E-state index < -0.39 is 0 Å². The van der Waals surface area contributed by atoms with Crippen molar-refractivity contribution in [2.75, 3.05) is 25.4 Å². The second-order valence-corrected chi connectivity index (χ2v) is 4.43. The number of rotatable bonds is 5. The van der Waals surface area contributed by atoms with Crippen LogP contribution in [0.3, 0.4) is 0 Å². The SMILES string of the molecule is C=CCN(CCO)C(=O)c1cc(Cl)c(N)c(Cl)c1. The molecule has 0 spiro atoms. The van der Waals surface area contributed by atoms with Gasteiger partial charge in [-0.05, 0) is 12.1 Å². The van der Waals surface area contributed by atoms with E-state index in [2.05, 4.69) is 6.58 Å². The van der Waals surface area contributed by atoms with Gasteiger partial charge in [0, 0.05) is 18.7 Å². The molecule has 1 amide bonds. The average molecular weight is 289 g/mol. The third-order valence-electron chi connectivity index (χ3n) is 2.33. The zero-order chi connectivity index (χ0) is 13.7. The molecule has 1 aromatic carbocycles. The first-order chi connectivity index (χ1) is 8.51. The number of halogens is 2. The number of carbonyl (C=O) groups excluding carboxylic acids is 1. The topological polar surface area (TPSA) is 66.6 Å². The summed E-state index contributed by atoms with van der Waals surface area (Å²) in [7, 11) is 0. The van der Waals surface area contributed by atoms with Crippen molar-refractivity contribution in [1.82, 2.24) is 4.90 Å². The summed E-state index contributed by atoms with van der Waals surface area (Å²) in [5.74, 6) is -0.284. The molecule has 0 radical (unpaired) electrons. The van der Waals surface area contributed by atoms with E-state index in [0.29, 0.717) is 12.1 Å². The van der Waals surface area contributed by atoms with E-state index in [-0.39, 0.29) is 34.8 Å². The maximum atomic E-state index is 12.1. The van der Waals surface area contributed by atoms with Gasteiger partial charge < -0.3 is 15.7 Å². The van der Waals surface area contributed by atoms with E-state index in [1.165, 1.54) is 17.0 Å². The predicted molar refractivity (Wildman–Crippen MR) is 74.1 cm³/mol. The fourth-order valence-electron chi connectivity index (χ4n) is 1.44. The van der Waals surface area contributed by atoms with Crippen LogP contribution in [-0.2, 0) is 0 Å². The van der Waals surface area contributed by atoms with Gasteiger partial charge in [0.1, 0.15) is 0 Å². The number of anilines is 1. The van der Waals surface area contributed by atoms with Crippen molar-refractivity contribution in [3.63, 3.8) is 0 Å². The van der Waals surface area contributed by atoms with Gasteiger partial charge in [-0.15, -0.1) is 6.58 Å². The van der Waals surface area contributed by atoms with Crippen molar-refractivity contribution in [2.24, 2.45) is 0 Å². The number of nitrogens with zero attached hydrogens (tertiary/aromatic N) is 1. The van der Waals surface area contributed by atoms with Gasteiger partial charge in [0.15, 0.2) is 0 Å². The van der Waals surface area contributed by atoms with Gasteiger partial charge in [-0.2, -0.15) is 0 Å². The summed E-state index contributed by atoms with van der Waals surface area (Å²) >= 11 is 11.7. The van der Waals surface area contributed by atoms with Crippen LogP contribution in [0.25, 0.3) is 0 Å². The van der Waals surface area contributed by atoms with Gasteiger partial charge in [-0.3, -0.25) is 4.79 Å². The Morgan fingerprint density at radius 1 is 1.44 bits per heavy atom. The van der Waals surface area contributed by atoms with Crippen molar-refractivity contribution in [2.45, 2.75) is 0 Å². The number of carbonyl (C=O) groups is 1. The summed E-state index contributed by atoms with van der Waals surface area (Å²) < 4.78 is 0. The van der Waals surface area contributed by atoms with Gasteiger partial charge in [-0.1, -0.05) is 29.3 Å². The monoisotopic (exact) mass is 288 g/mol. The van der Waals surface area contributed by atoms with E-state index >= 15 is 0 Å². The molecule has 1 rings (SSSR count). The minimum atomic E-state index is -0.284. The normalized spacial score (nSPS) is 10.2. The fraction of sp³-hybridized carbons (Fsp3) is 0.250. The first-order valence-electron chi connectivity index (χ1n) is 5.26. The largest absolute Gasteiger partial charge is 0.396 e. The number of aliphatic hydroxyl groups excluding tert-OH is 1. The molecule has 0 unspecified atom stereocenters. The van der Waals surface area contributed by atoms with E-state index in [4.69, 9.17) is 34.0 Å². The lowest BCUT2D eigenvalue weighted by Crippen LogP contribution is -2.33. The van der Waals surface area contributed by atoms with Crippen molar-refractivity contribution in [3.05, 3.63) is 40.4 Å². The Bertz CT molecular complexity index is 440. The number of benzene rings is 1. The molecule has 0 aliphatic rings. The zero-order valence-electron chi connectivity index (χ0n) is 9.70. The Labute approximate surface area is 116 Å². The fourth-order valence-corrected chi connectivity index (χ4v) is 1.93. The molecule has 4 nitrogen and oxygen atoms in total. The van der Waals surface area contributed by atoms with Crippen LogP contribution in [0, 0.1) is 0 Å². The van der Waals surface area contributed by atoms with Crippen molar-refractivity contribution in [1.29, 1.82) is 0 Å². The average Bonchev–Trinajstić information content (AvgIpc) is 2.34. The Morgan fingerprint density at radius 2 is 2.00 bits per heavy atom. The molecular weight excluding hydrogens is 275 g/mol. The lowest BCUT2D eigenvalue weighted by Gasteiger charge is -2.20. The summed E-state index contributed by atoms with van der Waals surface area (Å²) in [4.78, 5) is 13.6. The molecule has 6 heteroatoms. The molecule has 0 saturated heterocycles. The highest BCUT2D eigenvalue weighted by Gasteiger charge is 2.16. The molecule has 3 N–H and O–H groups in total. The van der Waals surface area contributed by atoms with E-state index in [1.807, 2.05) is 0 Å². The first-order valence-corrected chi connectivity index (χ1v) is 6.02. The molecule has 98 valence electrons. The molecular formula is C12H14Cl2N2O2. The summed E-state index contributed by atoms with van der Waals surface area (Å²) in [6, 6.07) is 2.91. The van der Waals surface area contributed by atoms with Gasteiger partial charge in [0.25, 0.3) is 5.91 Å². The van der Waals surface area contributed by atoms with Gasteiger partial charge in [0.05, 0.1) is 22.3 Å². The number of nitrogen functional groups attached to an aromatic ring is 1. The number of nitrogens with two attached hydrogens (primary N) is 1. The molecule has 18 heavy (non-hydrogen) atoms. The molecule has 0 aliphatic heterocycles. The van der Waals surface area contributed by atoms with Gasteiger partial charge in [0.2, 0.25) is 0 Å². The Balaban J connectivity index is 3.04. The van der Waals surface area contributed by atoms with Gasteiger partial charge in [-0.25, -0.2) is 0 Å². The van der Waals surface area contributed by atoms with Crippen LogP contribution in [0.4, 0.5) is 5.69 Å². The first kappa shape index (κ1) is 14.8. The highest BCUT2D eigenvalue weighted by atomic mass is 35.5. The van der Waals surface area contributed by atoms with Crippen LogP contribution >= 0.6 is 23.2 Å². The van der Waals surface area contributed by atoms with Crippen LogP contribution in [0.15, 0.2) is 24.8 Å². The molecule has 0 heterocycles. The maximum Gasteiger partial charge on any atom is 0.254 e. The van der Waals surface area contributed by atoms with E-state index in [9.17, 15) is 4.79 Å². The highest BCUT2D eigenvalue weighted by molar-refractivity contribution is 6.39. The van der Waals surface area contributed by atoms with Crippen LogP contribution in [0.5, 0.6) is 0 Å². The predicted octanol–water partition coefficient (Wildman–Crippen LogP) is 2.20. The van der Waals surface area contributed by atoms with E-state index in [1.54, 1.807) is 6.08 Å². The van der Waals surface area contributed by atoms with Gasteiger partial charge >= 0.3 is 0 Å². The van der Waals surface area contributed by atoms with Crippen molar-refractivity contribution >= 4 is 34.8 Å². The summed E-state index contributed by atoms with van der Waals surface area (Å²) in [5.41, 5.74) is 6.17. The lowest BCUT2D eigenvalue weighted by molar-refractivity contribution is 0.0743. The quantitative estimate of drug-likeness (QED) is 0.645. The number of amides is 1. The number of aliphatic hydroxyl groups is 1. The molecule has 0 atom stereocenters. The molecule has 1 aromatic rings. The smallest absolute Gasteiger partial charge is 0.254 e. The molecule has 0 bridgehead atoms. The van der Waals surface area contributed by atoms with Crippen molar-refractivity contribution in [3.8, 4) is 0 Å². The summed E-state index contributed by atoms with van der Waals surface area (Å²) in [5, 5.41) is 9.37. The molecule has 0 fully saturated rings. The number of hydrogen-bond acceptors (Lipinski definition) is 3. The third kappa shape index (κ3) is 3.38. The van der Waals surface area contributed by atoms with Crippen LogP contribution in [-0.4, -0.2) is 35.6 Å². The van der Waals surface area contributed by atoms with Crippen LogP contribution in [0.2, 0.25) is 10.0 Å². The Morgan fingerprint density at radius 3 is 2.44 bits per heavy atom. The van der Waals surface area contributed by atoms with Crippen LogP contribution < -0.4 is 5.73 Å². The Kier molecular flexibility index (Phi) is 5.47. The molecule has 0 saturated carbocycles. The summed E-state index contributed by atoms with van der Waals surface area (Å²) in [6.45, 7) is 3.98. The molecule has 0 aromatic heterocycles. The second-order valence-electron chi connectivity index (χ2n) is 3.62. The molecule has 0 aliphatic carbocycles. The van der Waals surface area contributed by atoms with Crippen LogP contribution in [0.1, 0.15) is 10.4 Å². The minimum Gasteiger partial charge on any atom is -0.396 e. The minimum absolute atomic E-state index is 0.129. The van der Waals surface area contributed by atoms with E-state index in [0.717, 1.165) is 0 Å². The van der Waals surface area contributed by atoms with Crippen molar-refractivity contribution < 1.29 is 9.90 Å². The summed E-state index contributed by atoms with van der Waals surface area (Å²) in [6.07, 6.45) is 1.58.